The molecule has 98 valence electrons. The predicted octanol–water partition coefficient (Wildman–Crippen LogP) is 2.14. The number of piperidine rings is 1. The van der Waals surface area contributed by atoms with E-state index >= 15 is 0 Å². The standard InChI is InChI=1S/C13H23NO3/c1-4-5-13(12(16)17)6-8-14(9-7-13)11(15)10(2)3/h10H,4-9H2,1-3H3,(H,16,17). The lowest BCUT2D eigenvalue weighted by Crippen LogP contribution is -2.47. The van der Waals surface area contributed by atoms with Crippen LogP contribution in [-0.2, 0) is 9.59 Å². The molecule has 0 unspecified atom stereocenters. The molecule has 1 heterocycles. The number of likely N-dealkylation sites (tertiary alicyclic amines) is 1. The molecule has 4 heteroatoms. The Hall–Kier alpha value is -1.06. The Balaban J connectivity index is 2.65. The van der Waals surface area contributed by atoms with Crippen LogP contribution in [0.3, 0.4) is 0 Å². The summed E-state index contributed by atoms with van der Waals surface area (Å²) in [6, 6.07) is 0. The molecule has 0 aromatic rings. The molecule has 0 aromatic heterocycles. The molecule has 4 nitrogen and oxygen atoms in total. The van der Waals surface area contributed by atoms with Crippen molar-refractivity contribution in [2.45, 2.75) is 46.5 Å². The highest BCUT2D eigenvalue weighted by Gasteiger charge is 2.41. The number of nitrogens with zero attached hydrogens (tertiary/aromatic N) is 1. The second-order valence-corrected chi connectivity index (χ2v) is 5.32. The van der Waals surface area contributed by atoms with E-state index in [1.807, 2.05) is 25.7 Å². The Bertz CT molecular complexity index is 291. The molecule has 1 N–H and O–H groups in total. The highest BCUT2D eigenvalue weighted by atomic mass is 16.4. The van der Waals surface area contributed by atoms with E-state index in [4.69, 9.17) is 0 Å². The average molecular weight is 241 g/mol. The molecule has 1 aliphatic heterocycles. The third-order valence-corrected chi connectivity index (χ3v) is 3.71. The van der Waals surface area contributed by atoms with Crippen molar-refractivity contribution < 1.29 is 14.7 Å². The van der Waals surface area contributed by atoms with E-state index in [-0.39, 0.29) is 11.8 Å². The summed E-state index contributed by atoms with van der Waals surface area (Å²) < 4.78 is 0. The molecular formula is C13H23NO3. The first-order valence-corrected chi connectivity index (χ1v) is 6.45. The monoisotopic (exact) mass is 241 g/mol. The van der Waals surface area contributed by atoms with E-state index < -0.39 is 11.4 Å². The molecule has 1 fully saturated rings. The normalized spacial score (nSPS) is 19.4. The summed E-state index contributed by atoms with van der Waals surface area (Å²) in [5, 5.41) is 9.35. The number of carboxylic acid groups (broad SMARTS) is 1. The number of rotatable bonds is 4. The van der Waals surface area contributed by atoms with Crippen LogP contribution in [0.5, 0.6) is 0 Å². The molecule has 0 aliphatic carbocycles. The minimum atomic E-state index is -0.698. The van der Waals surface area contributed by atoms with Gasteiger partial charge in [0.1, 0.15) is 0 Å². The molecular weight excluding hydrogens is 218 g/mol. The molecule has 0 spiro atoms. The number of amides is 1. The first-order chi connectivity index (χ1) is 7.93. The molecule has 1 amide bonds. The maximum atomic E-state index is 11.8. The van der Waals surface area contributed by atoms with Gasteiger partial charge in [-0.2, -0.15) is 0 Å². The number of carbonyl (C=O) groups is 2. The summed E-state index contributed by atoms with van der Waals surface area (Å²) in [5.74, 6) is -0.560. The highest BCUT2D eigenvalue weighted by molar-refractivity contribution is 5.79. The fourth-order valence-electron chi connectivity index (χ4n) is 2.57. The minimum absolute atomic E-state index is 0.00139. The van der Waals surface area contributed by atoms with Crippen LogP contribution in [0.25, 0.3) is 0 Å². The van der Waals surface area contributed by atoms with Crippen molar-refractivity contribution in [1.82, 2.24) is 4.90 Å². The lowest BCUT2D eigenvalue weighted by molar-refractivity contribution is -0.155. The fraction of sp³-hybridized carbons (Fsp3) is 0.846. The zero-order valence-electron chi connectivity index (χ0n) is 11.0. The molecule has 0 bridgehead atoms. The first-order valence-electron chi connectivity index (χ1n) is 6.45. The molecule has 1 rings (SSSR count). The van der Waals surface area contributed by atoms with Gasteiger partial charge in [-0.15, -0.1) is 0 Å². The minimum Gasteiger partial charge on any atom is -0.481 e. The summed E-state index contributed by atoms with van der Waals surface area (Å²) in [4.78, 5) is 25.0. The van der Waals surface area contributed by atoms with Crippen LogP contribution < -0.4 is 0 Å². The number of carboxylic acids is 1. The smallest absolute Gasteiger partial charge is 0.309 e. The zero-order chi connectivity index (χ0) is 13.1. The van der Waals surface area contributed by atoms with Gasteiger partial charge in [0.2, 0.25) is 5.91 Å². The summed E-state index contributed by atoms with van der Waals surface area (Å²) >= 11 is 0. The van der Waals surface area contributed by atoms with E-state index in [0.717, 1.165) is 6.42 Å². The number of hydrogen-bond acceptors (Lipinski definition) is 2. The van der Waals surface area contributed by atoms with Crippen LogP contribution in [0.4, 0.5) is 0 Å². The first kappa shape index (κ1) is 14.0. The second kappa shape index (κ2) is 5.52. The van der Waals surface area contributed by atoms with Crippen LogP contribution in [0.2, 0.25) is 0 Å². The summed E-state index contributed by atoms with van der Waals surface area (Å²) in [6.07, 6.45) is 2.78. The quantitative estimate of drug-likeness (QED) is 0.820. The topological polar surface area (TPSA) is 57.6 Å². The van der Waals surface area contributed by atoms with E-state index in [9.17, 15) is 14.7 Å². The van der Waals surface area contributed by atoms with Crippen molar-refractivity contribution in [3.8, 4) is 0 Å². The van der Waals surface area contributed by atoms with Gasteiger partial charge >= 0.3 is 5.97 Å². The van der Waals surface area contributed by atoms with Gasteiger partial charge < -0.3 is 10.0 Å². The lowest BCUT2D eigenvalue weighted by atomic mass is 9.75. The largest absolute Gasteiger partial charge is 0.481 e. The molecule has 1 aliphatic rings. The second-order valence-electron chi connectivity index (χ2n) is 5.32. The average Bonchev–Trinajstić information content (AvgIpc) is 2.29. The Morgan fingerprint density at radius 3 is 2.18 bits per heavy atom. The van der Waals surface area contributed by atoms with E-state index in [1.165, 1.54) is 0 Å². The van der Waals surface area contributed by atoms with Crippen molar-refractivity contribution in [3.05, 3.63) is 0 Å². The van der Waals surface area contributed by atoms with Gasteiger partial charge in [0.25, 0.3) is 0 Å². The fourth-order valence-corrected chi connectivity index (χ4v) is 2.57. The SMILES string of the molecule is CCCC1(C(=O)O)CCN(C(=O)C(C)C)CC1. The number of hydrogen-bond donors (Lipinski definition) is 1. The van der Waals surface area contributed by atoms with Crippen LogP contribution in [-0.4, -0.2) is 35.0 Å². The van der Waals surface area contributed by atoms with Gasteiger partial charge in [0.15, 0.2) is 0 Å². The maximum absolute atomic E-state index is 11.8. The number of carbonyl (C=O) groups excluding carboxylic acids is 1. The maximum Gasteiger partial charge on any atom is 0.309 e. The van der Waals surface area contributed by atoms with Gasteiger partial charge in [-0.3, -0.25) is 9.59 Å². The van der Waals surface area contributed by atoms with Crippen LogP contribution in [0, 0.1) is 11.3 Å². The zero-order valence-corrected chi connectivity index (χ0v) is 11.0. The van der Waals surface area contributed by atoms with E-state index in [1.54, 1.807) is 0 Å². The van der Waals surface area contributed by atoms with Crippen LogP contribution in [0.1, 0.15) is 46.5 Å². The molecule has 0 aromatic carbocycles. The third kappa shape index (κ3) is 2.99. The Morgan fingerprint density at radius 1 is 1.29 bits per heavy atom. The van der Waals surface area contributed by atoms with Crippen molar-refractivity contribution in [2.75, 3.05) is 13.1 Å². The predicted molar refractivity (Wildman–Crippen MR) is 65.6 cm³/mol. The van der Waals surface area contributed by atoms with Gasteiger partial charge in [-0.05, 0) is 19.3 Å². The van der Waals surface area contributed by atoms with Gasteiger partial charge in [-0.1, -0.05) is 27.2 Å². The summed E-state index contributed by atoms with van der Waals surface area (Å²) in [6.45, 7) is 6.95. The number of aliphatic carboxylic acids is 1. The third-order valence-electron chi connectivity index (χ3n) is 3.71. The lowest BCUT2D eigenvalue weighted by Gasteiger charge is -2.39. The molecule has 17 heavy (non-hydrogen) atoms. The van der Waals surface area contributed by atoms with Crippen molar-refractivity contribution in [2.24, 2.45) is 11.3 Å². The van der Waals surface area contributed by atoms with Crippen LogP contribution >= 0.6 is 0 Å². The Kier molecular flexibility index (Phi) is 4.54. The van der Waals surface area contributed by atoms with Crippen molar-refractivity contribution >= 4 is 11.9 Å². The van der Waals surface area contributed by atoms with Gasteiger partial charge in [0.05, 0.1) is 5.41 Å². The molecule has 0 saturated carbocycles. The van der Waals surface area contributed by atoms with Crippen molar-refractivity contribution in [3.63, 3.8) is 0 Å². The van der Waals surface area contributed by atoms with Crippen molar-refractivity contribution in [1.29, 1.82) is 0 Å². The molecule has 1 saturated heterocycles. The summed E-state index contributed by atoms with van der Waals surface area (Å²) in [5.41, 5.74) is -0.595. The van der Waals surface area contributed by atoms with E-state index in [2.05, 4.69) is 0 Å². The highest BCUT2D eigenvalue weighted by Crippen LogP contribution is 2.36. The molecule has 0 radical (unpaired) electrons. The summed E-state index contributed by atoms with van der Waals surface area (Å²) in [7, 11) is 0. The van der Waals surface area contributed by atoms with Gasteiger partial charge in [0, 0.05) is 19.0 Å². The van der Waals surface area contributed by atoms with E-state index in [0.29, 0.717) is 32.4 Å². The van der Waals surface area contributed by atoms with Gasteiger partial charge in [-0.25, -0.2) is 0 Å². The Labute approximate surface area is 103 Å². The molecule has 0 atom stereocenters. The van der Waals surface area contributed by atoms with Crippen LogP contribution in [0.15, 0.2) is 0 Å². The Morgan fingerprint density at radius 2 is 1.82 bits per heavy atom.